The van der Waals surface area contributed by atoms with Gasteiger partial charge >= 0.3 is 11.9 Å². The van der Waals surface area contributed by atoms with Crippen LogP contribution in [0.5, 0.6) is 0 Å². The van der Waals surface area contributed by atoms with Gasteiger partial charge in [-0.05, 0) is 33.1 Å². The molecule has 0 bridgehead atoms. The Morgan fingerprint density at radius 1 is 0.840 bits per heavy atom. The summed E-state index contributed by atoms with van der Waals surface area (Å²) in [6.07, 6.45) is 2.07. The first-order valence-electron chi connectivity index (χ1n) is 8.97. The van der Waals surface area contributed by atoms with Crippen molar-refractivity contribution in [2.75, 3.05) is 13.2 Å². The van der Waals surface area contributed by atoms with Crippen molar-refractivity contribution in [1.29, 1.82) is 0 Å². The quantitative estimate of drug-likeness (QED) is 0.494. The minimum atomic E-state index is -0.492. The van der Waals surface area contributed by atoms with Crippen LogP contribution in [0.3, 0.4) is 0 Å². The van der Waals surface area contributed by atoms with Crippen LogP contribution in [-0.4, -0.2) is 48.9 Å². The lowest BCUT2D eigenvalue weighted by molar-refractivity contribution is -0.145. The van der Waals surface area contributed by atoms with Gasteiger partial charge in [0.05, 0.1) is 32.2 Å². The molecule has 2 atom stereocenters. The van der Waals surface area contributed by atoms with Gasteiger partial charge in [0.1, 0.15) is 11.9 Å². The number of carbonyl (C=O) groups excluding carboxylic acids is 4. The molecular weight excluding hydrogens is 328 g/mol. The molecule has 1 fully saturated rings. The first kappa shape index (κ1) is 21.3. The van der Waals surface area contributed by atoms with Crippen molar-refractivity contribution < 1.29 is 33.4 Å². The maximum Gasteiger partial charge on any atom is 0.306 e. The van der Waals surface area contributed by atoms with E-state index in [1.807, 2.05) is 0 Å². The molecule has 1 heterocycles. The Hall–Kier alpha value is -1.76. The third kappa shape index (κ3) is 8.77. The maximum absolute atomic E-state index is 12.0. The number of hydrogen-bond acceptors (Lipinski definition) is 7. The fourth-order valence-electron chi connectivity index (χ4n) is 2.70. The molecule has 2 unspecified atom stereocenters. The van der Waals surface area contributed by atoms with Crippen LogP contribution in [0.4, 0.5) is 0 Å². The average Bonchev–Trinajstić information content (AvgIpc) is 3.05. The van der Waals surface area contributed by atoms with Gasteiger partial charge in [-0.15, -0.1) is 0 Å². The van der Waals surface area contributed by atoms with Crippen molar-refractivity contribution >= 4 is 23.5 Å². The van der Waals surface area contributed by atoms with Crippen molar-refractivity contribution in [2.45, 2.75) is 77.4 Å². The second-order valence-corrected chi connectivity index (χ2v) is 5.98. The summed E-state index contributed by atoms with van der Waals surface area (Å²) >= 11 is 0. The molecule has 142 valence electrons. The number of Topliss-reactive ketones (excluding diaryl/α,β-unsaturated/α-hetero) is 2. The number of esters is 2. The summed E-state index contributed by atoms with van der Waals surface area (Å²) in [5, 5.41) is 0. The molecule has 0 saturated carbocycles. The topological polar surface area (TPSA) is 96.0 Å². The summed E-state index contributed by atoms with van der Waals surface area (Å²) in [5.41, 5.74) is 0. The van der Waals surface area contributed by atoms with Gasteiger partial charge in [0.25, 0.3) is 0 Å². The Balaban J connectivity index is 2.19. The van der Waals surface area contributed by atoms with E-state index in [0.717, 1.165) is 6.42 Å². The third-order valence-corrected chi connectivity index (χ3v) is 4.01. The van der Waals surface area contributed by atoms with Gasteiger partial charge in [-0.2, -0.15) is 0 Å². The minimum absolute atomic E-state index is 0.00580. The van der Waals surface area contributed by atoms with E-state index >= 15 is 0 Å². The summed E-state index contributed by atoms with van der Waals surface area (Å²) < 4.78 is 15.3. The fraction of sp³-hybridized carbons (Fsp3) is 0.778. The summed E-state index contributed by atoms with van der Waals surface area (Å²) in [5.74, 6) is -0.837. The van der Waals surface area contributed by atoms with E-state index in [0.29, 0.717) is 32.5 Å². The van der Waals surface area contributed by atoms with E-state index in [4.69, 9.17) is 14.2 Å². The molecule has 0 aromatic carbocycles. The van der Waals surface area contributed by atoms with E-state index in [-0.39, 0.29) is 55.3 Å². The minimum Gasteiger partial charge on any atom is -0.466 e. The van der Waals surface area contributed by atoms with E-state index in [2.05, 4.69) is 0 Å². The van der Waals surface area contributed by atoms with Crippen molar-refractivity contribution in [1.82, 2.24) is 0 Å². The van der Waals surface area contributed by atoms with Crippen molar-refractivity contribution in [2.24, 2.45) is 0 Å². The highest BCUT2D eigenvalue weighted by Crippen LogP contribution is 2.25. The average molecular weight is 356 g/mol. The smallest absolute Gasteiger partial charge is 0.306 e. The van der Waals surface area contributed by atoms with Crippen LogP contribution in [0.25, 0.3) is 0 Å². The number of hydrogen-bond donors (Lipinski definition) is 0. The Labute approximate surface area is 148 Å². The standard InChI is InChI=1S/C18H28O7/c1-3-23-17(21)11-6-13(19)5-7-14-8-10-16(25-14)15(20)9-12-18(22)24-4-2/h14,16H,3-12H2,1-2H3. The highest BCUT2D eigenvalue weighted by Gasteiger charge is 2.30. The van der Waals surface area contributed by atoms with Crippen molar-refractivity contribution in [3.05, 3.63) is 0 Å². The molecule has 7 nitrogen and oxygen atoms in total. The van der Waals surface area contributed by atoms with Crippen molar-refractivity contribution in [3.63, 3.8) is 0 Å². The van der Waals surface area contributed by atoms with Gasteiger partial charge in [-0.25, -0.2) is 0 Å². The van der Waals surface area contributed by atoms with Gasteiger partial charge in [0, 0.05) is 19.3 Å². The first-order chi connectivity index (χ1) is 12.0. The number of ether oxygens (including phenoxy) is 3. The SMILES string of the molecule is CCOC(=O)CCC(=O)CCC1CCC(C(=O)CCC(=O)OCC)O1. The molecule has 7 heteroatoms. The van der Waals surface area contributed by atoms with Crippen LogP contribution in [0.2, 0.25) is 0 Å². The normalized spacial score (nSPS) is 19.4. The molecule has 0 N–H and O–H groups in total. The van der Waals surface area contributed by atoms with Crippen LogP contribution in [0.15, 0.2) is 0 Å². The van der Waals surface area contributed by atoms with Crippen LogP contribution >= 0.6 is 0 Å². The predicted molar refractivity (Wildman–Crippen MR) is 88.9 cm³/mol. The number of ketones is 2. The van der Waals surface area contributed by atoms with Crippen LogP contribution in [0.1, 0.15) is 65.2 Å². The molecular formula is C18H28O7. The Morgan fingerprint density at radius 3 is 2.04 bits per heavy atom. The zero-order valence-electron chi connectivity index (χ0n) is 15.1. The Kier molecular flexibility index (Phi) is 9.99. The summed E-state index contributed by atoms with van der Waals surface area (Å²) in [7, 11) is 0. The zero-order valence-corrected chi connectivity index (χ0v) is 15.1. The van der Waals surface area contributed by atoms with Crippen LogP contribution in [-0.2, 0) is 33.4 Å². The molecule has 1 rings (SSSR count). The first-order valence-corrected chi connectivity index (χ1v) is 8.97. The Bertz CT molecular complexity index is 472. The molecule has 0 aliphatic carbocycles. The molecule has 0 spiro atoms. The molecule has 1 saturated heterocycles. The van der Waals surface area contributed by atoms with E-state index in [9.17, 15) is 19.2 Å². The van der Waals surface area contributed by atoms with Gasteiger partial charge in [-0.3, -0.25) is 19.2 Å². The molecule has 25 heavy (non-hydrogen) atoms. The van der Waals surface area contributed by atoms with Crippen LogP contribution in [0, 0.1) is 0 Å². The maximum atomic E-state index is 12.0. The highest BCUT2D eigenvalue weighted by molar-refractivity contribution is 5.86. The summed E-state index contributed by atoms with van der Waals surface area (Å²) in [4.78, 5) is 46.3. The highest BCUT2D eigenvalue weighted by atomic mass is 16.5. The Morgan fingerprint density at radius 2 is 1.44 bits per heavy atom. The molecule has 1 aliphatic rings. The largest absolute Gasteiger partial charge is 0.466 e. The predicted octanol–water partition coefficient (Wildman–Crippen LogP) is 2.14. The van der Waals surface area contributed by atoms with Crippen molar-refractivity contribution in [3.8, 4) is 0 Å². The van der Waals surface area contributed by atoms with E-state index in [1.165, 1.54) is 0 Å². The number of carbonyl (C=O) groups is 4. The lowest BCUT2D eigenvalue weighted by Crippen LogP contribution is -2.22. The van der Waals surface area contributed by atoms with Gasteiger partial charge in [-0.1, -0.05) is 0 Å². The molecule has 1 aliphatic heterocycles. The molecule has 0 aromatic heterocycles. The third-order valence-electron chi connectivity index (χ3n) is 4.01. The summed E-state index contributed by atoms with van der Waals surface area (Å²) in [6.45, 7) is 4.06. The zero-order chi connectivity index (χ0) is 18.7. The van der Waals surface area contributed by atoms with Gasteiger partial charge in [0.15, 0.2) is 5.78 Å². The lowest BCUT2D eigenvalue weighted by Gasteiger charge is -2.12. The second kappa shape index (κ2) is 11.7. The van der Waals surface area contributed by atoms with E-state index in [1.54, 1.807) is 13.8 Å². The van der Waals surface area contributed by atoms with Gasteiger partial charge < -0.3 is 14.2 Å². The van der Waals surface area contributed by atoms with E-state index < -0.39 is 6.10 Å². The second-order valence-electron chi connectivity index (χ2n) is 5.98. The van der Waals surface area contributed by atoms with Gasteiger partial charge in [0.2, 0.25) is 0 Å². The summed E-state index contributed by atoms with van der Waals surface area (Å²) in [6, 6.07) is 0. The molecule has 0 amide bonds. The molecule has 0 radical (unpaired) electrons. The van der Waals surface area contributed by atoms with Crippen LogP contribution < -0.4 is 0 Å². The lowest BCUT2D eigenvalue weighted by atomic mass is 10.0. The monoisotopic (exact) mass is 356 g/mol. The molecule has 0 aromatic rings. The number of rotatable bonds is 12. The fourth-order valence-corrected chi connectivity index (χ4v) is 2.70.